The molecule has 0 aliphatic heterocycles. The number of aliphatic hydroxyl groups excluding tert-OH is 1. The van der Waals surface area contributed by atoms with Crippen LogP contribution in [0.25, 0.3) is 0 Å². The molecule has 0 saturated carbocycles. The molecule has 0 spiro atoms. The van der Waals surface area contributed by atoms with Crippen LogP contribution < -0.4 is 0 Å². The molecular weight excluding hydrogens is 221 g/mol. The Morgan fingerprint density at radius 3 is 3.06 bits per heavy atom. The third-order valence-electron chi connectivity index (χ3n) is 3.11. The van der Waals surface area contributed by atoms with Crippen LogP contribution in [0.1, 0.15) is 24.0 Å². The van der Waals surface area contributed by atoms with E-state index in [1.165, 1.54) is 6.07 Å². The lowest BCUT2D eigenvalue weighted by Gasteiger charge is -2.22. The van der Waals surface area contributed by atoms with Crippen molar-refractivity contribution in [3.63, 3.8) is 0 Å². The van der Waals surface area contributed by atoms with Gasteiger partial charge in [0, 0.05) is 12.2 Å². The average Bonchev–Trinajstić information content (AvgIpc) is 2.71. The monoisotopic (exact) mass is 235 g/mol. The molecule has 90 valence electrons. The summed E-state index contributed by atoms with van der Waals surface area (Å²) in [6.45, 7) is 0.331. The molecule has 0 bridgehead atoms. The molecule has 4 heteroatoms. The van der Waals surface area contributed by atoms with Gasteiger partial charge in [-0.15, -0.1) is 0 Å². The fourth-order valence-electron chi connectivity index (χ4n) is 2.24. The number of rotatable bonds is 4. The largest absolute Gasteiger partial charge is 0.396 e. The summed E-state index contributed by atoms with van der Waals surface area (Å²) >= 11 is 0. The van der Waals surface area contributed by atoms with Crippen molar-refractivity contribution in [1.82, 2.24) is 0 Å². The minimum absolute atomic E-state index is 0.0253. The zero-order valence-electron chi connectivity index (χ0n) is 9.45. The number of ether oxygens (including phenoxy) is 1. The van der Waals surface area contributed by atoms with E-state index >= 15 is 0 Å². The molecule has 1 aliphatic carbocycles. The first-order valence-electron chi connectivity index (χ1n) is 5.67. The molecule has 0 aromatic heterocycles. The first kappa shape index (κ1) is 12.0. The maximum atomic E-state index is 13.6. The van der Waals surface area contributed by atoms with Gasteiger partial charge >= 0.3 is 0 Å². The van der Waals surface area contributed by atoms with Gasteiger partial charge in [0.05, 0.1) is 6.61 Å². The van der Waals surface area contributed by atoms with Gasteiger partial charge in [-0.1, -0.05) is 12.1 Å². The molecule has 1 N–H and O–H groups in total. The van der Waals surface area contributed by atoms with E-state index in [9.17, 15) is 9.65 Å². The first-order valence-corrected chi connectivity index (χ1v) is 5.67. The van der Waals surface area contributed by atoms with Crippen molar-refractivity contribution in [2.24, 2.45) is 0 Å². The smallest absolute Gasteiger partial charge is 0.180 e. The van der Waals surface area contributed by atoms with E-state index < -0.39 is 5.60 Å². The minimum atomic E-state index is -1.04. The first-order chi connectivity index (χ1) is 8.23. The fraction of sp³-hybridized carbons (Fsp3) is 0.462. The van der Waals surface area contributed by atoms with Gasteiger partial charge in [-0.3, -0.25) is 0 Å². The molecule has 0 fully saturated rings. The highest BCUT2D eigenvalue weighted by Crippen LogP contribution is 2.40. The summed E-state index contributed by atoms with van der Waals surface area (Å²) in [6.07, 6.45) is 1.48. The Labute approximate surface area is 99.4 Å². The number of aliphatic hydroxyl groups is 1. The molecule has 2 rings (SSSR count). The summed E-state index contributed by atoms with van der Waals surface area (Å²) in [5.74, 6) is -0.273. The van der Waals surface area contributed by atoms with E-state index in [0.717, 1.165) is 0 Å². The van der Waals surface area contributed by atoms with Crippen molar-refractivity contribution in [3.05, 3.63) is 35.1 Å². The number of halogens is 1. The second-order valence-electron chi connectivity index (χ2n) is 4.13. The molecule has 1 aromatic rings. The lowest BCUT2D eigenvalue weighted by Crippen LogP contribution is -2.25. The fourth-order valence-corrected chi connectivity index (χ4v) is 2.24. The molecular formula is C13H14FNO2. The van der Waals surface area contributed by atoms with E-state index in [0.29, 0.717) is 37.0 Å². The number of hydrogen-bond acceptors (Lipinski definition) is 3. The highest BCUT2D eigenvalue weighted by atomic mass is 19.1. The van der Waals surface area contributed by atoms with Crippen molar-refractivity contribution in [3.8, 4) is 6.07 Å². The molecule has 1 aromatic carbocycles. The lowest BCUT2D eigenvalue weighted by molar-refractivity contribution is -0.0107. The highest BCUT2D eigenvalue weighted by molar-refractivity contribution is 5.42. The van der Waals surface area contributed by atoms with Gasteiger partial charge in [-0.2, -0.15) is 5.26 Å². The zero-order valence-corrected chi connectivity index (χ0v) is 9.45. The van der Waals surface area contributed by atoms with Crippen LogP contribution in [0.2, 0.25) is 0 Å². The van der Waals surface area contributed by atoms with Gasteiger partial charge in [0.2, 0.25) is 0 Å². The number of benzene rings is 1. The second-order valence-corrected chi connectivity index (χ2v) is 4.13. The quantitative estimate of drug-likeness (QED) is 0.811. The van der Waals surface area contributed by atoms with Crippen molar-refractivity contribution >= 4 is 0 Å². The van der Waals surface area contributed by atoms with E-state index in [1.54, 1.807) is 12.1 Å². The number of fused-ring (bicyclic) bond motifs is 1. The van der Waals surface area contributed by atoms with Crippen LogP contribution in [0, 0.1) is 17.1 Å². The van der Waals surface area contributed by atoms with Gasteiger partial charge in [0.25, 0.3) is 0 Å². The van der Waals surface area contributed by atoms with Crippen molar-refractivity contribution in [2.45, 2.75) is 24.9 Å². The average molecular weight is 235 g/mol. The lowest BCUT2D eigenvalue weighted by atomic mass is 9.97. The van der Waals surface area contributed by atoms with Crippen LogP contribution in [0.4, 0.5) is 4.39 Å². The summed E-state index contributed by atoms with van der Waals surface area (Å²) in [6, 6.07) is 6.89. The normalized spacial score (nSPS) is 22.2. The Morgan fingerprint density at radius 2 is 2.35 bits per heavy atom. The highest BCUT2D eigenvalue weighted by Gasteiger charge is 2.41. The van der Waals surface area contributed by atoms with Crippen molar-refractivity contribution in [2.75, 3.05) is 13.2 Å². The zero-order chi connectivity index (χ0) is 12.3. The van der Waals surface area contributed by atoms with Crippen LogP contribution in [0.15, 0.2) is 18.2 Å². The maximum absolute atomic E-state index is 13.6. The van der Waals surface area contributed by atoms with E-state index in [4.69, 9.17) is 9.84 Å². The Balaban J connectivity index is 2.28. The molecule has 0 radical (unpaired) electrons. The third kappa shape index (κ3) is 2.04. The number of hydrogen-bond donors (Lipinski definition) is 1. The van der Waals surface area contributed by atoms with Crippen LogP contribution in [0.5, 0.6) is 0 Å². The SMILES string of the molecule is N#CC1(OCCCO)CCc2c(F)cccc21. The molecule has 1 aliphatic rings. The number of nitriles is 1. The Morgan fingerprint density at radius 1 is 1.53 bits per heavy atom. The summed E-state index contributed by atoms with van der Waals surface area (Å²) in [4.78, 5) is 0. The minimum Gasteiger partial charge on any atom is -0.396 e. The number of nitrogens with zero attached hydrogens (tertiary/aromatic N) is 1. The molecule has 17 heavy (non-hydrogen) atoms. The molecule has 1 atom stereocenters. The maximum Gasteiger partial charge on any atom is 0.180 e. The predicted molar refractivity (Wildman–Crippen MR) is 59.7 cm³/mol. The van der Waals surface area contributed by atoms with Gasteiger partial charge in [0.15, 0.2) is 5.60 Å². The van der Waals surface area contributed by atoms with Gasteiger partial charge in [-0.05, 0) is 30.9 Å². The Kier molecular flexibility index (Phi) is 3.41. The Bertz CT molecular complexity index is 455. The third-order valence-corrected chi connectivity index (χ3v) is 3.11. The molecule has 0 heterocycles. The van der Waals surface area contributed by atoms with Crippen molar-refractivity contribution in [1.29, 1.82) is 5.26 Å². The second kappa shape index (κ2) is 4.82. The topological polar surface area (TPSA) is 53.2 Å². The van der Waals surface area contributed by atoms with E-state index in [2.05, 4.69) is 6.07 Å². The molecule has 1 unspecified atom stereocenters. The van der Waals surface area contributed by atoms with Crippen LogP contribution in [-0.4, -0.2) is 18.3 Å². The van der Waals surface area contributed by atoms with Gasteiger partial charge in [-0.25, -0.2) is 4.39 Å². The van der Waals surface area contributed by atoms with Crippen LogP contribution in [0.3, 0.4) is 0 Å². The van der Waals surface area contributed by atoms with Crippen LogP contribution >= 0.6 is 0 Å². The Hall–Kier alpha value is -1.44. The van der Waals surface area contributed by atoms with E-state index in [1.807, 2.05) is 0 Å². The summed E-state index contributed by atoms with van der Waals surface area (Å²) in [7, 11) is 0. The standard InChI is InChI=1S/C13H14FNO2/c14-12-4-1-3-11-10(12)5-6-13(11,9-15)17-8-2-7-16/h1,3-4,16H,2,5-8H2. The van der Waals surface area contributed by atoms with Gasteiger partial charge in [0.1, 0.15) is 11.9 Å². The van der Waals surface area contributed by atoms with Crippen LogP contribution in [-0.2, 0) is 16.8 Å². The molecule has 3 nitrogen and oxygen atoms in total. The molecule has 0 saturated heterocycles. The summed E-state index contributed by atoms with van der Waals surface area (Å²) in [5.41, 5.74) is 0.183. The van der Waals surface area contributed by atoms with E-state index in [-0.39, 0.29) is 12.4 Å². The molecule has 0 amide bonds. The summed E-state index contributed by atoms with van der Waals surface area (Å²) < 4.78 is 19.1. The summed E-state index contributed by atoms with van der Waals surface area (Å²) in [5, 5.41) is 18.0. The van der Waals surface area contributed by atoms with Gasteiger partial charge < -0.3 is 9.84 Å². The van der Waals surface area contributed by atoms with Crippen molar-refractivity contribution < 1.29 is 14.2 Å². The predicted octanol–water partition coefficient (Wildman–Crippen LogP) is 1.89.